The van der Waals surface area contributed by atoms with Gasteiger partial charge < -0.3 is 10.6 Å². The van der Waals surface area contributed by atoms with E-state index in [2.05, 4.69) is 15.6 Å². The van der Waals surface area contributed by atoms with E-state index in [1.165, 1.54) is 0 Å². The largest absolute Gasteiger partial charge is 0.375 e. The Kier molecular flexibility index (Phi) is 4.44. The summed E-state index contributed by atoms with van der Waals surface area (Å²) >= 11 is 6.03. The third kappa shape index (κ3) is 3.60. The smallest absolute Gasteiger partial charge is 0.243 e. The molecule has 4 nitrogen and oxygen atoms in total. The van der Waals surface area contributed by atoms with Crippen LogP contribution in [-0.2, 0) is 4.79 Å². The van der Waals surface area contributed by atoms with Crippen molar-refractivity contribution < 1.29 is 4.79 Å². The number of halogens is 1. The lowest BCUT2D eigenvalue weighted by Gasteiger charge is -2.11. The average molecular weight is 326 g/mol. The van der Waals surface area contributed by atoms with Crippen molar-refractivity contribution in [2.24, 2.45) is 0 Å². The van der Waals surface area contributed by atoms with E-state index in [0.717, 1.165) is 22.3 Å². The molecule has 2 N–H and O–H groups in total. The number of aromatic nitrogens is 1. The van der Waals surface area contributed by atoms with Crippen molar-refractivity contribution in [2.45, 2.75) is 6.92 Å². The van der Waals surface area contributed by atoms with Crippen LogP contribution in [0, 0.1) is 6.92 Å². The van der Waals surface area contributed by atoms with Crippen LogP contribution in [0.3, 0.4) is 0 Å². The van der Waals surface area contributed by atoms with Crippen molar-refractivity contribution in [3.05, 3.63) is 65.3 Å². The van der Waals surface area contributed by atoms with E-state index in [4.69, 9.17) is 11.6 Å². The summed E-state index contributed by atoms with van der Waals surface area (Å²) in [4.78, 5) is 16.6. The summed E-state index contributed by atoms with van der Waals surface area (Å²) in [5, 5.41) is 7.46. The van der Waals surface area contributed by atoms with Crippen LogP contribution in [0.1, 0.15) is 5.69 Å². The summed E-state index contributed by atoms with van der Waals surface area (Å²) in [5.74, 6) is -0.161. The van der Waals surface area contributed by atoms with E-state index < -0.39 is 0 Å². The number of nitrogens with one attached hydrogen (secondary N) is 2. The highest BCUT2D eigenvalue weighted by molar-refractivity contribution is 6.33. The first-order valence-electron chi connectivity index (χ1n) is 7.28. The number of aryl methyl sites for hydroxylation is 1. The number of anilines is 2. The number of amides is 1. The van der Waals surface area contributed by atoms with Crippen LogP contribution >= 0.6 is 11.6 Å². The third-order valence-corrected chi connectivity index (χ3v) is 3.83. The molecule has 2 aromatic carbocycles. The number of rotatable bonds is 4. The molecule has 3 aromatic rings. The number of carbonyl (C=O) groups is 1. The average Bonchev–Trinajstić information content (AvgIpc) is 2.55. The van der Waals surface area contributed by atoms with E-state index >= 15 is 0 Å². The van der Waals surface area contributed by atoms with Crippen LogP contribution in [0.4, 0.5) is 11.4 Å². The minimum atomic E-state index is -0.161. The summed E-state index contributed by atoms with van der Waals surface area (Å²) in [6.07, 6.45) is 0. The first kappa shape index (κ1) is 15.3. The summed E-state index contributed by atoms with van der Waals surface area (Å²) < 4.78 is 0. The van der Waals surface area contributed by atoms with Crippen LogP contribution in [0.25, 0.3) is 10.9 Å². The van der Waals surface area contributed by atoms with Gasteiger partial charge in [0.05, 0.1) is 34.2 Å². The zero-order chi connectivity index (χ0) is 16.2. The second kappa shape index (κ2) is 6.67. The predicted octanol–water partition coefficient (Wildman–Crippen LogP) is 4.25. The Balaban J connectivity index is 1.69. The van der Waals surface area contributed by atoms with Gasteiger partial charge in [-0.15, -0.1) is 0 Å². The molecule has 0 aliphatic rings. The van der Waals surface area contributed by atoms with Gasteiger partial charge in [0.2, 0.25) is 5.91 Å². The zero-order valence-corrected chi connectivity index (χ0v) is 13.4. The molecule has 0 aliphatic carbocycles. The quantitative estimate of drug-likeness (QED) is 0.754. The first-order chi connectivity index (χ1) is 11.1. The van der Waals surface area contributed by atoms with E-state index in [1.54, 1.807) is 12.1 Å². The van der Waals surface area contributed by atoms with Gasteiger partial charge >= 0.3 is 0 Å². The van der Waals surface area contributed by atoms with Gasteiger partial charge in [0.15, 0.2) is 0 Å². The fourth-order valence-corrected chi connectivity index (χ4v) is 2.51. The Bertz CT molecular complexity index is 864. The Morgan fingerprint density at radius 1 is 1.09 bits per heavy atom. The Labute approximate surface area is 139 Å². The van der Waals surface area contributed by atoms with Crippen molar-refractivity contribution in [3.8, 4) is 0 Å². The fourth-order valence-electron chi connectivity index (χ4n) is 2.32. The Hall–Kier alpha value is -2.59. The molecule has 0 atom stereocenters. The number of benzene rings is 2. The number of nitrogens with zero attached hydrogens (tertiary/aromatic N) is 1. The molecule has 23 heavy (non-hydrogen) atoms. The van der Waals surface area contributed by atoms with Gasteiger partial charge in [-0.25, -0.2) is 0 Å². The molecule has 0 fully saturated rings. The molecule has 1 aromatic heterocycles. The van der Waals surface area contributed by atoms with Crippen LogP contribution < -0.4 is 10.6 Å². The van der Waals surface area contributed by atoms with Gasteiger partial charge in [-0.1, -0.05) is 41.9 Å². The van der Waals surface area contributed by atoms with E-state index in [-0.39, 0.29) is 12.5 Å². The minimum absolute atomic E-state index is 0.145. The number of para-hydroxylation sites is 2. The minimum Gasteiger partial charge on any atom is -0.375 e. The van der Waals surface area contributed by atoms with E-state index in [1.807, 2.05) is 49.4 Å². The first-order valence-corrected chi connectivity index (χ1v) is 7.66. The molecule has 1 heterocycles. The number of fused-ring (bicyclic) bond motifs is 1. The number of hydrogen-bond acceptors (Lipinski definition) is 3. The lowest BCUT2D eigenvalue weighted by Crippen LogP contribution is -2.22. The topological polar surface area (TPSA) is 54.0 Å². The molecule has 5 heteroatoms. The fraction of sp³-hybridized carbons (Fsp3) is 0.111. The maximum atomic E-state index is 12.1. The number of hydrogen-bond donors (Lipinski definition) is 2. The summed E-state index contributed by atoms with van der Waals surface area (Å²) in [5.41, 5.74) is 3.25. The molecule has 0 aliphatic heterocycles. The second-order valence-corrected chi connectivity index (χ2v) is 5.60. The Morgan fingerprint density at radius 2 is 1.83 bits per heavy atom. The highest BCUT2D eigenvalue weighted by Crippen LogP contribution is 2.21. The van der Waals surface area contributed by atoms with Gasteiger partial charge in [0, 0.05) is 5.39 Å². The summed E-state index contributed by atoms with van der Waals surface area (Å²) in [6.45, 7) is 2.06. The van der Waals surface area contributed by atoms with Crippen molar-refractivity contribution in [1.82, 2.24) is 4.98 Å². The third-order valence-electron chi connectivity index (χ3n) is 3.50. The monoisotopic (exact) mass is 325 g/mol. The van der Waals surface area contributed by atoms with Crippen molar-refractivity contribution in [1.29, 1.82) is 0 Å². The molecule has 1 amide bonds. The van der Waals surface area contributed by atoms with E-state index in [9.17, 15) is 4.79 Å². The standard InChI is InChI=1S/C18H16ClN3O/c1-12-17(10-13-6-2-4-8-15(13)21-12)20-11-18(23)22-16-9-5-3-7-14(16)19/h2-10,20H,11H2,1H3,(H,22,23). The van der Waals surface area contributed by atoms with Gasteiger partial charge in [0.25, 0.3) is 0 Å². The van der Waals surface area contributed by atoms with Crippen LogP contribution in [-0.4, -0.2) is 17.4 Å². The SMILES string of the molecule is Cc1nc2ccccc2cc1NCC(=O)Nc1ccccc1Cl. The molecule has 0 saturated heterocycles. The molecule has 0 radical (unpaired) electrons. The van der Waals surface area contributed by atoms with Crippen molar-refractivity contribution in [2.75, 3.05) is 17.2 Å². The lowest BCUT2D eigenvalue weighted by molar-refractivity contribution is -0.114. The maximum Gasteiger partial charge on any atom is 0.243 e. The maximum absolute atomic E-state index is 12.1. The number of carbonyl (C=O) groups excluding carboxylic acids is 1. The molecular formula is C18H16ClN3O. The van der Waals surface area contributed by atoms with E-state index in [0.29, 0.717) is 10.7 Å². The summed E-state index contributed by atoms with van der Waals surface area (Å²) in [6, 6.07) is 17.0. The highest BCUT2D eigenvalue weighted by Gasteiger charge is 2.07. The van der Waals surface area contributed by atoms with Crippen LogP contribution in [0.5, 0.6) is 0 Å². The predicted molar refractivity (Wildman–Crippen MR) is 95.1 cm³/mol. The zero-order valence-electron chi connectivity index (χ0n) is 12.6. The van der Waals surface area contributed by atoms with Gasteiger partial charge in [0.1, 0.15) is 0 Å². The molecule has 0 bridgehead atoms. The number of pyridine rings is 1. The second-order valence-electron chi connectivity index (χ2n) is 5.20. The van der Waals surface area contributed by atoms with Crippen LogP contribution in [0.15, 0.2) is 54.6 Å². The van der Waals surface area contributed by atoms with Crippen LogP contribution in [0.2, 0.25) is 5.02 Å². The summed E-state index contributed by atoms with van der Waals surface area (Å²) in [7, 11) is 0. The lowest BCUT2D eigenvalue weighted by atomic mass is 10.2. The molecule has 0 saturated carbocycles. The molecule has 0 unspecified atom stereocenters. The molecule has 0 spiro atoms. The van der Waals surface area contributed by atoms with Gasteiger partial charge in [-0.05, 0) is 31.2 Å². The van der Waals surface area contributed by atoms with Gasteiger partial charge in [-0.2, -0.15) is 0 Å². The molecule has 116 valence electrons. The normalized spacial score (nSPS) is 10.5. The molecular weight excluding hydrogens is 310 g/mol. The Morgan fingerprint density at radius 3 is 2.65 bits per heavy atom. The van der Waals surface area contributed by atoms with Crippen molar-refractivity contribution >= 4 is 39.8 Å². The van der Waals surface area contributed by atoms with Gasteiger partial charge in [-0.3, -0.25) is 9.78 Å². The molecule has 3 rings (SSSR count). The highest BCUT2D eigenvalue weighted by atomic mass is 35.5. The van der Waals surface area contributed by atoms with Crippen molar-refractivity contribution in [3.63, 3.8) is 0 Å².